The second kappa shape index (κ2) is 5.96. The monoisotopic (exact) mass is 309 g/mol. The molecule has 4 rings (SSSR count). The molecule has 0 radical (unpaired) electrons. The van der Waals surface area contributed by atoms with E-state index in [-0.39, 0.29) is 6.10 Å². The van der Waals surface area contributed by atoms with Gasteiger partial charge in [0.15, 0.2) is 0 Å². The summed E-state index contributed by atoms with van der Waals surface area (Å²) in [5.41, 5.74) is 2.69. The van der Waals surface area contributed by atoms with E-state index in [0.29, 0.717) is 12.0 Å². The smallest absolute Gasteiger partial charge is 0.223 e. The second-order valence-corrected chi connectivity index (χ2v) is 5.99. The fourth-order valence-corrected chi connectivity index (χ4v) is 3.10. The molecule has 0 unspecified atom stereocenters. The van der Waals surface area contributed by atoms with E-state index in [1.165, 1.54) is 0 Å². The lowest BCUT2D eigenvalue weighted by Crippen LogP contribution is -2.28. The molecule has 0 amide bonds. The molecule has 6 nitrogen and oxygen atoms in total. The third-order valence-electron chi connectivity index (χ3n) is 4.36. The zero-order valence-electron chi connectivity index (χ0n) is 12.8. The number of aliphatic hydroxyl groups excluding tert-OH is 1. The number of hydrogen-bond acceptors (Lipinski definition) is 5. The number of nitrogens with one attached hydrogen (secondary N) is 1. The molecule has 3 aromatic heterocycles. The van der Waals surface area contributed by atoms with Crippen LogP contribution in [0.5, 0.6) is 0 Å². The van der Waals surface area contributed by atoms with Crippen molar-refractivity contribution >= 4 is 11.6 Å². The van der Waals surface area contributed by atoms with Crippen LogP contribution >= 0.6 is 0 Å². The van der Waals surface area contributed by atoms with Gasteiger partial charge in [-0.1, -0.05) is 6.07 Å². The van der Waals surface area contributed by atoms with Crippen LogP contribution in [-0.2, 0) is 0 Å². The highest BCUT2D eigenvalue weighted by molar-refractivity contribution is 5.60. The second-order valence-electron chi connectivity index (χ2n) is 5.99. The van der Waals surface area contributed by atoms with E-state index in [0.717, 1.165) is 42.7 Å². The van der Waals surface area contributed by atoms with E-state index in [4.69, 9.17) is 0 Å². The lowest BCUT2D eigenvalue weighted by molar-refractivity contribution is 0.126. The van der Waals surface area contributed by atoms with Crippen LogP contribution in [0, 0.1) is 0 Å². The standard InChI is InChI=1S/C17H19N5O/c23-13-6-4-12(5-7-13)20-17-18-9-8-14(21-17)15-11-19-16-3-1-2-10-22(15)16/h1-3,8-13,23H,4-7H2,(H,18,20,21). The Kier molecular flexibility index (Phi) is 3.67. The lowest BCUT2D eigenvalue weighted by Gasteiger charge is -2.26. The van der Waals surface area contributed by atoms with Crippen LogP contribution in [0.3, 0.4) is 0 Å². The Morgan fingerprint density at radius 3 is 2.83 bits per heavy atom. The number of aliphatic hydroxyl groups is 1. The minimum atomic E-state index is -0.154. The van der Waals surface area contributed by atoms with Gasteiger partial charge in [-0.15, -0.1) is 0 Å². The van der Waals surface area contributed by atoms with Crippen molar-refractivity contribution in [3.05, 3.63) is 42.9 Å². The topological polar surface area (TPSA) is 75.3 Å². The van der Waals surface area contributed by atoms with Crippen LogP contribution in [0.15, 0.2) is 42.9 Å². The molecule has 0 bridgehead atoms. The summed E-state index contributed by atoms with van der Waals surface area (Å²) in [5.74, 6) is 0.634. The third kappa shape index (κ3) is 2.90. The number of anilines is 1. The average molecular weight is 309 g/mol. The first-order valence-electron chi connectivity index (χ1n) is 8.00. The van der Waals surface area contributed by atoms with Gasteiger partial charge in [0, 0.05) is 18.4 Å². The third-order valence-corrected chi connectivity index (χ3v) is 4.36. The summed E-state index contributed by atoms with van der Waals surface area (Å²) in [6.45, 7) is 0. The first kappa shape index (κ1) is 14.1. The van der Waals surface area contributed by atoms with Gasteiger partial charge in [0.05, 0.1) is 23.7 Å². The molecule has 0 spiro atoms. The maximum absolute atomic E-state index is 9.59. The van der Waals surface area contributed by atoms with Crippen LogP contribution in [0.2, 0.25) is 0 Å². The maximum Gasteiger partial charge on any atom is 0.223 e. The zero-order chi connectivity index (χ0) is 15.6. The van der Waals surface area contributed by atoms with Gasteiger partial charge in [0.1, 0.15) is 5.65 Å². The summed E-state index contributed by atoms with van der Waals surface area (Å²) >= 11 is 0. The molecule has 23 heavy (non-hydrogen) atoms. The van der Waals surface area contributed by atoms with E-state index in [1.807, 2.05) is 41.1 Å². The van der Waals surface area contributed by atoms with Gasteiger partial charge in [-0.3, -0.25) is 4.40 Å². The van der Waals surface area contributed by atoms with Gasteiger partial charge in [-0.25, -0.2) is 15.0 Å². The highest BCUT2D eigenvalue weighted by Gasteiger charge is 2.20. The van der Waals surface area contributed by atoms with E-state index in [9.17, 15) is 5.11 Å². The van der Waals surface area contributed by atoms with Crippen molar-refractivity contribution < 1.29 is 5.11 Å². The van der Waals surface area contributed by atoms with Crippen LogP contribution in [0.4, 0.5) is 5.95 Å². The van der Waals surface area contributed by atoms with Crippen molar-refractivity contribution in [1.29, 1.82) is 0 Å². The Balaban J connectivity index is 1.59. The molecule has 0 atom stereocenters. The first-order valence-corrected chi connectivity index (χ1v) is 8.00. The van der Waals surface area contributed by atoms with Crippen molar-refractivity contribution in [2.45, 2.75) is 37.8 Å². The number of hydrogen-bond donors (Lipinski definition) is 2. The molecule has 0 aliphatic heterocycles. The SMILES string of the molecule is OC1CCC(Nc2nccc(-c3cnc4ccccn34)n2)CC1. The molecule has 0 aromatic carbocycles. The van der Waals surface area contributed by atoms with Gasteiger partial charge in [-0.2, -0.15) is 0 Å². The molecule has 1 aliphatic carbocycles. The zero-order valence-corrected chi connectivity index (χ0v) is 12.8. The summed E-state index contributed by atoms with van der Waals surface area (Å²) in [6, 6.07) is 8.14. The molecule has 3 heterocycles. The summed E-state index contributed by atoms with van der Waals surface area (Å²) in [4.78, 5) is 13.4. The van der Waals surface area contributed by atoms with Crippen molar-refractivity contribution in [3.8, 4) is 11.4 Å². The fraction of sp³-hybridized carbons (Fsp3) is 0.353. The van der Waals surface area contributed by atoms with Crippen LogP contribution < -0.4 is 5.32 Å². The molecule has 1 aliphatic rings. The van der Waals surface area contributed by atoms with Crippen molar-refractivity contribution in [1.82, 2.24) is 19.4 Å². The molecule has 0 saturated heterocycles. The molecule has 2 N–H and O–H groups in total. The number of imidazole rings is 1. The Hall–Kier alpha value is -2.47. The van der Waals surface area contributed by atoms with E-state index < -0.39 is 0 Å². The van der Waals surface area contributed by atoms with Gasteiger partial charge in [0.25, 0.3) is 0 Å². The normalized spacial score (nSPS) is 21.4. The maximum atomic E-state index is 9.59. The van der Waals surface area contributed by atoms with Crippen molar-refractivity contribution in [2.75, 3.05) is 5.32 Å². The number of fused-ring (bicyclic) bond motifs is 1. The van der Waals surface area contributed by atoms with Crippen molar-refractivity contribution in [2.24, 2.45) is 0 Å². The molecule has 6 heteroatoms. The van der Waals surface area contributed by atoms with Gasteiger partial charge in [0.2, 0.25) is 5.95 Å². The van der Waals surface area contributed by atoms with Gasteiger partial charge < -0.3 is 10.4 Å². The number of rotatable bonds is 3. The quantitative estimate of drug-likeness (QED) is 0.777. The van der Waals surface area contributed by atoms with Gasteiger partial charge >= 0.3 is 0 Å². The van der Waals surface area contributed by atoms with E-state index in [2.05, 4.69) is 20.3 Å². The van der Waals surface area contributed by atoms with Crippen LogP contribution in [0.25, 0.3) is 17.0 Å². The summed E-state index contributed by atoms with van der Waals surface area (Å²) < 4.78 is 2.02. The number of pyridine rings is 1. The summed E-state index contributed by atoms with van der Waals surface area (Å²) in [6.07, 6.45) is 9.00. The molecule has 118 valence electrons. The van der Waals surface area contributed by atoms with Gasteiger partial charge in [-0.05, 0) is 43.9 Å². The largest absolute Gasteiger partial charge is 0.393 e. The number of nitrogens with zero attached hydrogens (tertiary/aromatic N) is 4. The minimum Gasteiger partial charge on any atom is -0.393 e. The Morgan fingerprint density at radius 1 is 1.09 bits per heavy atom. The Morgan fingerprint density at radius 2 is 1.96 bits per heavy atom. The van der Waals surface area contributed by atoms with E-state index >= 15 is 0 Å². The van der Waals surface area contributed by atoms with Crippen molar-refractivity contribution in [3.63, 3.8) is 0 Å². The van der Waals surface area contributed by atoms with Crippen LogP contribution in [-0.4, -0.2) is 36.6 Å². The summed E-state index contributed by atoms with van der Waals surface area (Å²) in [7, 11) is 0. The molecule has 1 saturated carbocycles. The lowest BCUT2D eigenvalue weighted by atomic mass is 9.93. The number of aromatic nitrogens is 4. The molecular formula is C17H19N5O. The highest BCUT2D eigenvalue weighted by Crippen LogP contribution is 2.23. The minimum absolute atomic E-state index is 0.154. The van der Waals surface area contributed by atoms with E-state index in [1.54, 1.807) is 6.20 Å². The molecule has 3 aromatic rings. The Labute approximate surface area is 134 Å². The van der Waals surface area contributed by atoms with Crippen LogP contribution in [0.1, 0.15) is 25.7 Å². The predicted octanol–water partition coefficient (Wildman–Crippen LogP) is 2.51. The average Bonchev–Trinajstić information content (AvgIpc) is 3.01. The fourth-order valence-electron chi connectivity index (χ4n) is 3.10. The molecule has 1 fully saturated rings. The predicted molar refractivity (Wildman–Crippen MR) is 88.1 cm³/mol. The Bertz CT molecular complexity index is 807. The highest BCUT2D eigenvalue weighted by atomic mass is 16.3. The molecular weight excluding hydrogens is 290 g/mol. The summed E-state index contributed by atoms with van der Waals surface area (Å²) in [5, 5.41) is 13.0. The first-order chi connectivity index (χ1) is 11.3.